The van der Waals surface area contributed by atoms with E-state index < -0.39 is 17.8 Å². The molecule has 1 aromatic carbocycles. The Morgan fingerprint density at radius 3 is 2.57 bits per heavy atom. The quantitative estimate of drug-likeness (QED) is 0.839. The van der Waals surface area contributed by atoms with E-state index in [-0.39, 0.29) is 5.91 Å². The molecule has 0 radical (unpaired) electrons. The van der Waals surface area contributed by atoms with Gasteiger partial charge >= 0.3 is 5.97 Å². The lowest BCUT2D eigenvalue weighted by Crippen LogP contribution is -2.41. The standard InChI is InChI=1S/C15H19NO5/c1-3-21-13-7-4-9(20-2)8-12(13)16-14(17)10-5-6-11(10)15(18)19/h4,7-8,10-11H,3,5-6H2,1-2H3,(H,16,17)(H,18,19). The maximum absolute atomic E-state index is 12.2. The Morgan fingerprint density at radius 2 is 2.05 bits per heavy atom. The van der Waals surface area contributed by atoms with E-state index in [1.165, 1.54) is 7.11 Å². The van der Waals surface area contributed by atoms with Crippen molar-refractivity contribution in [3.8, 4) is 11.5 Å². The molecule has 0 aromatic heterocycles. The van der Waals surface area contributed by atoms with Crippen LogP contribution in [0, 0.1) is 11.8 Å². The van der Waals surface area contributed by atoms with Gasteiger partial charge in [-0.2, -0.15) is 0 Å². The minimum Gasteiger partial charge on any atom is -0.497 e. The number of hydrogen-bond donors (Lipinski definition) is 2. The van der Waals surface area contributed by atoms with Crippen LogP contribution < -0.4 is 14.8 Å². The average Bonchev–Trinajstić information content (AvgIpc) is 2.38. The highest BCUT2D eigenvalue weighted by Gasteiger charge is 2.41. The smallest absolute Gasteiger partial charge is 0.307 e. The van der Waals surface area contributed by atoms with Crippen molar-refractivity contribution in [1.29, 1.82) is 0 Å². The SMILES string of the molecule is CCOc1ccc(OC)cc1NC(=O)C1CCC1C(=O)O. The number of ether oxygens (including phenoxy) is 2. The number of carboxylic acids is 1. The molecular weight excluding hydrogens is 274 g/mol. The summed E-state index contributed by atoms with van der Waals surface area (Å²) in [5, 5.41) is 11.8. The number of carbonyl (C=O) groups is 2. The molecule has 0 spiro atoms. The Bertz CT molecular complexity index is 543. The number of aliphatic carboxylic acids is 1. The summed E-state index contributed by atoms with van der Waals surface area (Å²) < 4.78 is 10.6. The van der Waals surface area contributed by atoms with Gasteiger partial charge in [-0.05, 0) is 31.9 Å². The molecule has 1 aliphatic carbocycles. The Balaban J connectivity index is 2.14. The van der Waals surface area contributed by atoms with E-state index in [4.69, 9.17) is 14.6 Å². The van der Waals surface area contributed by atoms with Crippen molar-refractivity contribution in [3.05, 3.63) is 18.2 Å². The van der Waals surface area contributed by atoms with Gasteiger partial charge in [-0.1, -0.05) is 0 Å². The van der Waals surface area contributed by atoms with Crippen LogP contribution in [0.4, 0.5) is 5.69 Å². The summed E-state index contributed by atoms with van der Waals surface area (Å²) in [6, 6.07) is 5.12. The van der Waals surface area contributed by atoms with Gasteiger partial charge in [0.1, 0.15) is 11.5 Å². The fourth-order valence-corrected chi connectivity index (χ4v) is 2.35. The summed E-state index contributed by atoms with van der Waals surface area (Å²) in [4.78, 5) is 23.2. The summed E-state index contributed by atoms with van der Waals surface area (Å²) >= 11 is 0. The number of carboxylic acid groups (broad SMARTS) is 1. The van der Waals surface area contributed by atoms with Crippen LogP contribution in [0.15, 0.2) is 18.2 Å². The summed E-state index contributed by atoms with van der Waals surface area (Å²) in [5.41, 5.74) is 0.497. The molecular formula is C15H19NO5. The Kier molecular flexibility index (Phi) is 4.67. The van der Waals surface area contributed by atoms with Crippen molar-refractivity contribution >= 4 is 17.6 Å². The van der Waals surface area contributed by atoms with Gasteiger partial charge in [0.25, 0.3) is 0 Å². The van der Waals surface area contributed by atoms with Gasteiger partial charge in [0.15, 0.2) is 0 Å². The van der Waals surface area contributed by atoms with Gasteiger partial charge in [0.05, 0.1) is 31.2 Å². The first kappa shape index (κ1) is 15.2. The molecule has 1 saturated carbocycles. The first-order valence-electron chi connectivity index (χ1n) is 6.91. The summed E-state index contributed by atoms with van der Waals surface area (Å²) in [6.07, 6.45) is 1.14. The summed E-state index contributed by atoms with van der Waals surface area (Å²) in [6.45, 7) is 2.32. The highest BCUT2D eigenvalue weighted by atomic mass is 16.5. The fourth-order valence-electron chi connectivity index (χ4n) is 2.35. The van der Waals surface area contributed by atoms with Crippen molar-refractivity contribution in [2.45, 2.75) is 19.8 Å². The van der Waals surface area contributed by atoms with Crippen LogP contribution in [0.3, 0.4) is 0 Å². The number of rotatable bonds is 6. The number of anilines is 1. The van der Waals surface area contributed by atoms with Gasteiger partial charge in [-0.3, -0.25) is 9.59 Å². The first-order valence-corrected chi connectivity index (χ1v) is 6.91. The van der Waals surface area contributed by atoms with Gasteiger partial charge in [-0.25, -0.2) is 0 Å². The molecule has 1 aliphatic rings. The van der Waals surface area contributed by atoms with Gasteiger partial charge in [-0.15, -0.1) is 0 Å². The summed E-state index contributed by atoms with van der Waals surface area (Å²) in [5.74, 6) is -1.15. The molecule has 0 aliphatic heterocycles. The lowest BCUT2D eigenvalue weighted by Gasteiger charge is -2.32. The van der Waals surface area contributed by atoms with Gasteiger partial charge in [0, 0.05) is 6.07 Å². The van der Waals surface area contributed by atoms with Crippen LogP contribution >= 0.6 is 0 Å². The minimum absolute atomic E-state index is 0.289. The van der Waals surface area contributed by atoms with Crippen LogP contribution in [-0.4, -0.2) is 30.7 Å². The van der Waals surface area contributed by atoms with Crippen LogP contribution in [0.5, 0.6) is 11.5 Å². The van der Waals surface area contributed by atoms with E-state index in [0.717, 1.165) is 0 Å². The second-order valence-corrected chi connectivity index (χ2v) is 4.91. The molecule has 1 aromatic rings. The van der Waals surface area contributed by atoms with E-state index in [1.54, 1.807) is 18.2 Å². The van der Waals surface area contributed by atoms with Crippen molar-refractivity contribution in [2.24, 2.45) is 11.8 Å². The number of benzene rings is 1. The largest absolute Gasteiger partial charge is 0.497 e. The Labute approximate surface area is 123 Å². The monoisotopic (exact) mass is 293 g/mol. The highest BCUT2D eigenvalue weighted by Crippen LogP contribution is 2.37. The Hall–Kier alpha value is -2.24. The number of carbonyl (C=O) groups excluding carboxylic acids is 1. The van der Waals surface area contributed by atoms with E-state index in [0.29, 0.717) is 36.6 Å². The van der Waals surface area contributed by atoms with Crippen molar-refractivity contribution < 1.29 is 24.2 Å². The predicted octanol–water partition coefficient (Wildman–Crippen LogP) is 2.14. The molecule has 114 valence electrons. The number of nitrogens with one attached hydrogen (secondary N) is 1. The maximum Gasteiger partial charge on any atom is 0.307 e. The molecule has 1 amide bonds. The lowest BCUT2D eigenvalue weighted by molar-refractivity contribution is -0.151. The van der Waals surface area contributed by atoms with Crippen molar-refractivity contribution in [3.63, 3.8) is 0 Å². The third kappa shape index (κ3) is 3.26. The molecule has 0 heterocycles. The van der Waals surface area contributed by atoms with Gasteiger partial charge < -0.3 is 19.9 Å². The maximum atomic E-state index is 12.2. The zero-order valence-corrected chi connectivity index (χ0v) is 12.1. The number of methoxy groups -OCH3 is 1. The number of hydrogen-bond acceptors (Lipinski definition) is 4. The zero-order chi connectivity index (χ0) is 15.4. The third-order valence-corrected chi connectivity index (χ3v) is 3.67. The molecule has 0 bridgehead atoms. The van der Waals surface area contributed by atoms with Gasteiger partial charge in [0.2, 0.25) is 5.91 Å². The topological polar surface area (TPSA) is 84.9 Å². The van der Waals surface area contributed by atoms with E-state index in [2.05, 4.69) is 5.32 Å². The zero-order valence-electron chi connectivity index (χ0n) is 12.1. The first-order chi connectivity index (χ1) is 10.1. The van der Waals surface area contributed by atoms with E-state index in [1.807, 2.05) is 6.92 Å². The minimum atomic E-state index is -0.919. The normalized spacial score (nSPS) is 20.3. The average molecular weight is 293 g/mol. The predicted molar refractivity (Wildman–Crippen MR) is 76.6 cm³/mol. The second-order valence-electron chi connectivity index (χ2n) is 4.91. The molecule has 0 saturated heterocycles. The van der Waals surface area contributed by atoms with Crippen molar-refractivity contribution in [2.75, 3.05) is 19.0 Å². The summed E-state index contributed by atoms with van der Waals surface area (Å²) in [7, 11) is 1.54. The molecule has 21 heavy (non-hydrogen) atoms. The molecule has 2 unspecified atom stereocenters. The van der Waals surface area contributed by atoms with E-state index in [9.17, 15) is 9.59 Å². The molecule has 2 rings (SSSR count). The third-order valence-electron chi connectivity index (χ3n) is 3.67. The Morgan fingerprint density at radius 1 is 1.33 bits per heavy atom. The molecule has 2 N–H and O–H groups in total. The molecule has 6 heteroatoms. The lowest BCUT2D eigenvalue weighted by atomic mass is 9.73. The molecule has 2 atom stereocenters. The highest BCUT2D eigenvalue weighted by molar-refractivity contribution is 5.97. The van der Waals surface area contributed by atoms with Crippen LogP contribution in [0.1, 0.15) is 19.8 Å². The number of amides is 1. The van der Waals surface area contributed by atoms with Crippen LogP contribution in [0.25, 0.3) is 0 Å². The molecule has 1 fully saturated rings. The fraction of sp³-hybridized carbons (Fsp3) is 0.467. The van der Waals surface area contributed by atoms with E-state index >= 15 is 0 Å². The van der Waals surface area contributed by atoms with Crippen molar-refractivity contribution in [1.82, 2.24) is 0 Å². The van der Waals surface area contributed by atoms with Crippen LogP contribution in [0.2, 0.25) is 0 Å². The second kappa shape index (κ2) is 6.47. The van der Waals surface area contributed by atoms with Crippen LogP contribution in [-0.2, 0) is 9.59 Å². The molecule has 6 nitrogen and oxygen atoms in total.